The molecule has 3 nitrogen and oxygen atoms in total. The maximum absolute atomic E-state index is 13.6. The molecule has 0 unspecified atom stereocenters. The summed E-state index contributed by atoms with van der Waals surface area (Å²) >= 11 is 1.23. The first-order valence-electron chi connectivity index (χ1n) is 7.23. The monoisotopic (exact) mass is 344 g/mol. The van der Waals surface area contributed by atoms with Crippen LogP contribution in [0.1, 0.15) is 21.5 Å². The first-order chi connectivity index (χ1) is 11.4. The van der Waals surface area contributed by atoms with E-state index in [0.717, 1.165) is 40.6 Å². The van der Waals surface area contributed by atoms with Crippen molar-refractivity contribution in [3.63, 3.8) is 0 Å². The van der Waals surface area contributed by atoms with Gasteiger partial charge in [0, 0.05) is 10.9 Å². The molecular formula is C18H14F2N2OS. The van der Waals surface area contributed by atoms with Crippen LogP contribution >= 0.6 is 11.3 Å². The average Bonchev–Trinajstić information content (AvgIpc) is 2.97. The van der Waals surface area contributed by atoms with E-state index in [1.807, 2.05) is 31.4 Å². The smallest absolute Gasteiger partial charge is 0.260 e. The Bertz CT molecular complexity index is 921. The molecule has 6 heteroatoms. The average molecular weight is 344 g/mol. The Morgan fingerprint density at radius 3 is 2.67 bits per heavy atom. The second-order valence-electron chi connectivity index (χ2n) is 5.43. The summed E-state index contributed by atoms with van der Waals surface area (Å²) in [5, 5.41) is 4.66. The SMILES string of the molecule is Cc1ccc(-c2csc(NC(=O)c3cc(F)ccc3F)n2)c(C)c1. The Morgan fingerprint density at radius 2 is 1.92 bits per heavy atom. The van der Waals surface area contributed by atoms with Crippen LogP contribution in [0.25, 0.3) is 11.3 Å². The Hall–Kier alpha value is -2.60. The van der Waals surface area contributed by atoms with Crippen molar-refractivity contribution in [2.24, 2.45) is 0 Å². The van der Waals surface area contributed by atoms with Crippen molar-refractivity contribution in [1.29, 1.82) is 0 Å². The van der Waals surface area contributed by atoms with Gasteiger partial charge in [0.1, 0.15) is 11.6 Å². The summed E-state index contributed by atoms with van der Waals surface area (Å²) in [6.45, 7) is 4.00. The van der Waals surface area contributed by atoms with Gasteiger partial charge < -0.3 is 0 Å². The second-order valence-corrected chi connectivity index (χ2v) is 6.29. The number of hydrogen-bond acceptors (Lipinski definition) is 3. The molecule has 1 N–H and O–H groups in total. The number of rotatable bonds is 3. The third kappa shape index (κ3) is 3.33. The van der Waals surface area contributed by atoms with Crippen LogP contribution in [-0.2, 0) is 0 Å². The lowest BCUT2D eigenvalue weighted by molar-refractivity contribution is 0.102. The van der Waals surface area contributed by atoms with Crippen LogP contribution in [0.15, 0.2) is 41.8 Å². The number of benzene rings is 2. The summed E-state index contributed by atoms with van der Waals surface area (Å²) < 4.78 is 26.8. The summed E-state index contributed by atoms with van der Waals surface area (Å²) in [7, 11) is 0. The van der Waals surface area contributed by atoms with Crippen LogP contribution < -0.4 is 5.32 Å². The van der Waals surface area contributed by atoms with E-state index in [1.54, 1.807) is 0 Å². The van der Waals surface area contributed by atoms with E-state index >= 15 is 0 Å². The van der Waals surface area contributed by atoms with Gasteiger partial charge in [-0.3, -0.25) is 10.1 Å². The number of nitrogens with one attached hydrogen (secondary N) is 1. The molecular weight excluding hydrogens is 330 g/mol. The van der Waals surface area contributed by atoms with Crippen molar-refractivity contribution >= 4 is 22.4 Å². The summed E-state index contributed by atoms with van der Waals surface area (Å²) in [6.07, 6.45) is 0. The van der Waals surface area contributed by atoms with E-state index in [2.05, 4.69) is 16.4 Å². The summed E-state index contributed by atoms with van der Waals surface area (Å²) in [4.78, 5) is 16.5. The van der Waals surface area contributed by atoms with Crippen molar-refractivity contribution < 1.29 is 13.6 Å². The maximum atomic E-state index is 13.6. The molecule has 0 bridgehead atoms. The predicted molar refractivity (Wildman–Crippen MR) is 91.3 cm³/mol. The molecule has 0 saturated carbocycles. The fourth-order valence-corrected chi connectivity index (χ4v) is 3.10. The van der Waals surface area contributed by atoms with Gasteiger partial charge in [-0.2, -0.15) is 0 Å². The van der Waals surface area contributed by atoms with E-state index in [-0.39, 0.29) is 5.56 Å². The van der Waals surface area contributed by atoms with Crippen molar-refractivity contribution in [2.45, 2.75) is 13.8 Å². The van der Waals surface area contributed by atoms with Crippen LogP contribution in [0.4, 0.5) is 13.9 Å². The van der Waals surface area contributed by atoms with Crippen molar-refractivity contribution in [2.75, 3.05) is 5.32 Å². The zero-order valence-corrected chi connectivity index (χ0v) is 13.9. The number of hydrogen-bond donors (Lipinski definition) is 1. The fraction of sp³-hybridized carbons (Fsp3) is 0.111. The number of thiazole rings is 1. The minimum atomic E-state index is -0.778. The number of anilines is 1. The molecule has 3 rings (SSSR count). The van der Waals surface area contributed by atoms with Crippen molar-refractivity contribution in [3.05, 3.63) is 70.1 Å². The normalized spacial score (nSPS) is 10.7. The van der Waals surface area contributed by atoms with E-state index in [0.29, 0.717) is 5.13 Å². The molecule has 0 atom stereocenters. The predicted octanol–water partition coefficient (Wildman–Crippen LogP) is 4.96. The molecule has 0 aliphatic carbocycles. The Labute approximate surface area is 142 Å². The van der Waals surface area contributed by atoms with Crippen LogP contribution in [0.3, 0.4) is 0 Å². The van der Waals surface area contributed by atoms with Gasteiger partial charge in [-0.15, -0.1) is 11.3 Å². The van der Waals surface area contributed by atoms with E-state index in [4.69, 9.17) is 0 Å². The summed E-state index contributed by atoms with van der Waals surface area (Å²) in [5.41, 5.74) is 3.58. The Balaban J connectivity index is 1.83. The molecule has 0 aliphatic heterocycles. The van der Waals surface area contributed by atoms with Gasteiger partial charge in [0.15, 0.2) is 5.13 Å². The molecule has 0 saturated heterocycles. The number of carbonyl (C=O) groups is 1. The minimum absolute atomic E-state index is 0.332. The molecule has 24 heavy (non-hydrogen) atoms. The lowest BCUT2D eigenvalue weighted by atomic mass is 10.0. The van der Waals surface area contributed by atoms with E-state index < -0.39 is 17.5 Å². The van der Waals surface area contributed by atoms with Gasteiger partial charge >= 0.3 is 0 Å². The van der Waals surface area contributed by atoms with Gasteiger partial charge in [-0.05, 0) is 37.6 Å². The van der Waals surface area contributed by atoms with Crippen LogP contribution in [-0.4, -0.2) is 10.9 Å². The highest BCUT2D eigenvalue weighted by molar-refractivity contribution is 7.14. The number of carbonyl (C=O) groups excluding carboxylic acids is 1. The fourth-order valence-electron chi connectivity index (χ4n) is 2.39. The lowest BCUT2D eigenvalue weighted by Gasteiger charge is -2.04. The topological polar surface area (TPSA) is 42.0 Å². The highest BCUT2D eigenvalue weighted by Crippen LogP contribution is 2.28. The van der Waals surface area contributed by atoms with E-state index in [9.17, 15) is 13.6 Å². The Kier molecular flexibility index (Phi) is 4.40. The molecule has 0 spiro atoms. The minimum Gasteiger partial charge on any atom is -0.298 e. The second kappa shape index (κ2) is 6.49. The van der Waals surface area contributed by atoms with Gasteiger partial charge in [-0.1, -0.05) is 23.8 Å². The zero-order chi connectivity index (χ0) is 17.3. The molecule has 2 aromatic carbocycles. The lowest BCUT2D eigenvalue weighted by Crippen LogP contribution is -2.14. The van der Waals surface area contributed by atoms with Gasteiger partial charge in [-0.25, -0.2) is 13.8 Å². The van der Waals surface area contributed by atoms with Gasteiger partial charge in [0.25, 0.3) is 5.91 Å². The standard InChI is InChI=1S/C18H14F2N2OS/c1-10-3-5-13(11(2)7-10)16-9-24-18(21-16)22-17(23)14-8-12(19)4-6-15(14)20/h3-9H,1-2H3,(H,21,22,23). The summed E-state index contributed by atoms with van der Waals surface area (Å²) in [6, 6.07) is 8.76. The largest absolute Gasteiger partial charge is 0.298 e. The van der Waals surface area contributed by atoms with Gasteiger partial charge in [0.05, 0.1) is 11.3 Å². The third-order valence-electron chi connectivity index (χ3n) is 3.56. The van der Waals surface area contributed by atoms with Crippen LogP contribution in [0, 0.1) is 25.5 Å². The highest BCUT2D eigenvalue weighted by atomic mass is 32.1. The molecule has 1 amide bonds. The molecule has 0 radical (unpaired) electrons. The number of nitrogens with zero attached hydrogens (tertiary/aromatic N) is 1. The molecule has 3 aromatic rings. The molecule has 0 fully saturated rings. The zero-order valence-electron chi connectivity index (χ0n) is 13.1. The first-order valence-corrected chi connectivity index (χ1v) is 8.11. The van der Waals surface area contributed by atoms with Crippen molar-refractivity contribution in [1.82, 2.24) is 4.98 Å². The van der Waals surface area contributed by atoms with Crippen molar-refractivity contribution in [3.8, 4) is 11.3 Å². The highest BCUT2D eigenvalue weighted by Gasteiger charge is 2.15. The number of halogens is 2. The molecule has 122 valence electrons. The molecule has 0 aliphatic rings. The Morgan fingerprint density at radius 1 is 1.12 bits per heavy atom. The summed E-state index contributed by atoms with van der Waals surface area (Å²) in [5.74, 6) is -2.18. The number of aryl methyl sites for hydroxylation is 2. The van der Waals surface area contributed by atoms with E-state index in [1.165, 1.54) is 11.3 Å². The third-order valence-corrected chi connectivity index (χ3v) is 4.31. The molecule has 1 heterocycles. The maximum Gasteiger partial charge on any atom is 0.260 e. The van der Waals surface area contributed by atoms with Crippen LogP contribution in [0.2, 0.25) is 0 Å². The quantitative estimate of drug-likeness (QED) is 0.730. The molecule has 1 aromatic heterocycles. The number of aromatic nitrogens is 1. The first kappa shape index (κ1) is 16.3. The van der Waals surface area contributed by atoms with Crippen LogP contribution in [0.5, 0.6) is 0 Å². The number of amides is 1. The van der Waals surface area contributed by atoms with Gasteiger partial charge in [0.2, 0.25) is 0 Å².